The number of anilines is 1. The molecule has 3 heterocycles. The number of nitrogens with one attached hydrogen (secondary N) is 1. The van der Waals surface area contributed by atoms with Crippen molar-refractivity contribution in [1.82, 2.24) is 9.97 Å². The minimum Gasteiger partial charge on any atom is -0.369 e. The van der Waals surface area contributed by atoms with Crippen LogP contribution in [0.2, 0.25) is 0 Å². The van der Waals surface area contributed by atoms with Crippen LogP contribution in [0.25, 0.3) is 11.0 Å². The highest BCUT2D eigenvalue weighted by molar-refractivity contribution is 5.95. The van der Waals surface area contributed by atoms with Crippen LogP contribution in [0.5, 0.6) is 0 Å². The van der Waals surface area contributed by atoms with Crippen molar-refractivity contribution in [2.24, 2.45) is 0 Å². The lowest BCUT2D eigenvalue weighted by Gasteiger charge is -2.24. The van der Waals surface area contributed by atoms with E-state index >= 15 is 0 Å². The summed E-state index contributed by atoms with van der Waals surface area (Å²) in [6.07, 6.45) is 2.20. The molecule has 0 unspecified atom stereocenters. The van der Waals surface area contributed by atoms with Gasteiger partial charge in [-0.15, -0.1) is 0 Å². The standard InChI is InChI=1S/C17H21FN4/c1-10-11(2)20-14-13(10)21-16(17(3,4)18)12(9-19)15(14)22-7-5-6-8-22/h20H,5-8H2,1-4H3. The Morgan fingerprint density at radius 2 is 1.91 bits per heavy atom. The third-order valence-corrected chi connectivity index (χ3v) is 4.50. The van der Waals surface area contributed by atoms with E-state index in [9.17, 15) is 9.65 Å². The van der Waals surface area contributed by atoms with E-state index in [1.165, 1.54) is 13.8 Å². The van der Waals surface area contributed by atoms with Crippen LogP contribution in [0.3, 0.4) is 0 Å². The Morgan fingerprint density at radius 1 is 1.27 bits per heavy atom. The first-order chi connectivity index (χ1) is 10.3. The number of nitriles is 1. The molecular weight excluding hydrogens is 279 g/mol. The molecule has 0 spiro atoms. The van der Waals surface area contributed by atoms with Gasteiger partial charge in [-0.2, -0.15) is 5.26 Å². The molecular formula is C17H21FN4. The van der Waals surface area contributed by atoms with Crippen LogP contribution in [0, 0.1) is 25.2 Å². The number of alkyl halides is 1. The average molecular weight is 300 g/mol. The molecule has 0 aromatic carbocycles. The monoisotopic (exact) mass is 300 g/mol. The highest BCUT2D eigenvalue weighted by Gasteiger charge is 2.31. The Labute approximate surface area is 130 Å². The lowest BCUT2D eigenvalue weighted by atomic mass is 9.98. The van der Waals surface area contributed by atoms with Crippen LogP contribution in [-0.2, 0) is 5.67 Å². The summed E-state index contributed by atoms with van der Waals surface area (Å²) in [6, 6.07) is 2.20. The molecule has 0 atom stereocenters. The molecule has 1 aliphatic rings. The van der Waals surface area contributed by atoms with Gasteiger partial charge in [-0.25, -0.2) is 9.37 Å². The highest BCUT2D eigenvalue weighted by Crippen LogP contribution is 2.39. The fraction of sp³-hybridized carbons (Fsp3) is 0.529. The van der Waals surface area contributed by atoms with Crippen LogP contribution < -0.4 is 4.90 Å². The number of hydrogen-bond donors (Lipinski definition) is 1. The third-order valence-electron chi connectivity index (χ3n) is 4.50. The summed E-state index contributed by atoms with van der Waals surface area (Å²) < 4.78 is 14.7. The number of pyridine rings is 1. The molecule has 3 rings (SSSR count). The van der Waals surface area contributed by atoms with Gasteiger partial charge in [0.1, 0.15) is 17.3 Å². The van der Waals surface area contributed by atoms with E-state index in [1.54, 1.807) is 0 Å². The Hall–Kier alpha value is -2.09. The summed E-state index contributed by atoms with van der Waals surface area (Å²) in [4.78, 5) is 10.0. The number of rotatable bonds is 2. The van der Waals surface area contributed by atoms with Crippen LogP contribution in [0.4, 0.5) is 10.1 Å². The van der Waals surface area contributed by atoms with Crippen LogP contribution in [0.15, 0.2) is 0 Å². The number of aromatic nitrogens is 2. The number of halogens is 1. The summed E-state index contributed by atoms with van der Waals surface area (Å²) in [7, 11) is 0. The van der Waals surface area contributed by atoms with E-state index in [0.29, 0.717) is 5.56 Å². The summed E-state index contributed by atoms with van der Waals surface area (Å²) >= 11 is 0. The Kier molecular flexibility index (Phi) is 3.36. The predicted octanol–water partition coefficient (Wildman–Crippen LogP) is 3.86. The fourth-order valence-corrected chi connectivity index (χ4v) is 3.21. The molecule has 1 N–H and O–H groups in total. The molecule has 1 fully saturated rings. The minimum absolute atomic E-state index is 0.242. The molecule has 1 aliphatic heterocycles. The molecule has 22 heavy (non-hydrogen) atoms. The van der Waals surface area contributed by atoms with Crippen molar-refractivity contribution >= 4 is 16.7 Å². The van der Waals surface area contributed by atoms with Gasteiger partial charge in [-0.3, -0.25) is 0 Å². The Morgan fingerprint density at radius 3 is 2.45 bits per heavy atom. The zero-order chi connectivity index (χ0) is 16.1. The van der Waals surface area contributed by atoms with Crippen LogP contribution in [0.1, 0.15) is 49.2 Å². The normalized spacial score (nSPS) is 15.5. The quantitative estimate of drug-likeness (QED) is 0.916. The first-order valence-corrected chi connectivity index (χ1v) is 7.72. The SMILES string of the molecule is Cc1[nH]c2c(N3CCCC3)c(C#N)c(C(C)(C)F)nc2c1C. The molecule has 4 nitrogen and oxygen atoms in total. The maximum absolute atomic E-state index is 14.7. The molecule has 1 saturated heterocycles. The van der Waals surface area contributed by atoms with Gasteiger partial charge in [-0.1, -0.05) is 0 Å². The van der Waals surface area contributed by atoms with Crippen molar-refractivity contribution in [2.45, 2.75) is 46.2 Å². The largest absolute Gasteiger partial charge is 0.369 e. The van der Waals surface area contributed by atoms with E-state index in [2.05, 4.69) is 20.9 Å². The molecule has 5 heteroatoms. The molecule has 2 aromatic heterocycles. The first-order valence-electron chi connectivity index (χ1n) is 7.72. The van der Waals surface area contributed by atoms with Gasteiger partial charge < -0.3 is 9.88 Å². The predicted molar refractivity (Wildman–Crippen MR) is 85.9 cm³/mol. The molecule has 116 valence electrons. The number of nitrogens with zero attached hydrogens (tertiary/aromatic N) is 3. The smallest absolute Gasteiger partial charge is 0.148 e. The molecule has 2 aromatic rings. The molecule has 0 amide bonds. The van der Waals surface area contributed by atoms with Crippen molar-refractivity contribution in [3.63, 3.8) is 0 Å². The first kappa shape index (κ1) is 14.8. The zero-order valence-electron chi connectivity index (χ0n) is 13.5. The van der Waals surface area contributed by atoms with E-state index in [0.717, 1.165) is 53.9 Å². The minimum atomic E-state index is -1.65. The Balaban J connectivity index is 2.42. The lowest BCUT2D eigenvalue weighted by molar-refractivity contribution is 0.214. The number of hydrogen-bond acceptors (Lipinski definition) is 3. The Bertz CT molecular complexity index is 771. The molecule has 0 saturated carbocycles. The fourth-order valence-electron chi connectivity index (χ4n) is 3.21. The van der Waals surface area contributed by atoms with Crippen molar-refractivity contribution in [1.29, 1.82) is 5.26 Å². The van der Waals surface area contributed by atoms with E-state index in [-0.39, 0.29) is 5.69 Å². The van der Waals surface area contributed by atoms with Gasteiger partial charge >= 0.3 is 0 Å². The summed E-state index contributed by atoms with van der Waals surface area (Å²) in [5, 5.41) is 9.66. The second-order valence-electron chi connectivity index (χ2n) is 6.56. The maximum atomic E-state index is 14.7. The van der Waals surface area contributed by atoms with Crippen LogP contribution >= 0.6 is 0 Å². The van der Waals surface area contributed by atoms with E-state index in [4.69, 9.17) is 0 Å². The number of H-pyrrole nitrogens is 1. The van der Waals surface area contributed by atoms with Crippen molar-refractivity contribution in [3.05, 3.63) is 22.5 Å². The number of aryl methyl sites for hydroxylation is 2. The van der Waals surface area contributed by atoms with Crippen molar-refractivity contribution in [2.75, 3.05) is 18.0 Å². The number of aromatic amines is 1. The van der Waals surface area contributed by atoms with Gasteiger partial charge in [0.2, 0.25) is 0 Å². The van der Waals surface area contributed by atoms with Crippen LogP contribution in [-0.4, -0.2) is 23.1 Å². The topological polar surface area (TPSA) is 55.7 Å². The lowest BCUT2D eigenvalue weighted by Crippen LogP contribution is -2.23. The molecule has 0 bridgehead atoms. The van der Waals surface area contributed by atoms with Gasteiger partial charge in [0.25, 0.3) is 0 Å². The summed E-state index contributed by atoms with van der Waals surface area (Å²) in [6.45, 7) is 8.69. The zero-order valence-corrected chi connectivity index (χ0v) is 13.5. The van der Waals surface area contributed by atoms with Gasteiger partial charge in [0, 0.05) is 18.8 Å². The van der Waals surface area contributed by atoms with Gasteiger partial charge in [0.15, 0.2) is 0 Å². The average Bonchev–Trinajstić information content (AvgIpc) is 3.06. The number of fused-ring (bicyclic) bond motifs is 1. The van der Waals surface area contributed by atoms with E-state index in [1.807, 2.05) is 13.8 Å². The second kappa shape index (κ2) is 4.98. The van der Waals surface area contributed by atoms with Gasteiger partial charge in [0.05, 0.1) is 22.4 Å². The molecule has 0 aliphatic carbocycles. The van der Waals surface area contributed by atoms with Crippen molar-refractivity contribution < 1.29 is 4.39 Å². The third kappa shape index (κ3) is 2.14. The van der Waals surface area contributed by atoms with Crippen molar-refractivity contribution in [3.8, 4) is 6.07 Å². The second-order valence-corrected chi connectivity index (χ2v) is 6.56. The molecule has 0 radical (unpaired) electrons. The maximum Gasteiger partial charge on any atom is 0.148 e. The summed E-state index contributed by atoms with van der Waals surface area (Å²) in [5.74, 6) is 0. The van der Waals surface area contributed by atoms with Gasteiger partial charge in [-0.05, 0) is 46.1 Å². The summed E-state index contributed by atoms with van der Waals surface area (Å²) in [5.41, 5.74) is 3.45. The highest BCUT2D eigenvalue weighted by atomic mass is 19.1. The van der Waals surface area contributed by atoms with E-state index < -0.39 is 5.67 Å².